The van der Waals surface area contributed by atoms with Crippen molar-refractivity contribution < 1.29 is 43.8 Å². The number of fused-ring (bicyclic) bond motifs is 2. The first-order valence-corrected chi connectivity index (χ1v) is 14.8. The van der Waals surface area contributed by atoms with Crippen LogP contribution in [-0.2, 0) is 23.7 Å². The van der Waals surface area contributed by atoms with Gasteiger partial charge in [0.2, 0.25) is 0 Å². The van der Waals surface area contributed by atoms with E-state index >= 15 is 0 Å². The van der Waals surface area contributed by atoms with Crippen molar-refractivity contribution in [3.63, 3.8) is 0 Å². The summed E-state index contributed by atoms with van der Waals surface area (Å²) < 4.78 is 30.6. The van der Waals surface area contributed by atoms with Crippen molar-refractivity contribution in [1.29, 1.82) is 0 Å². The van der Waals surface area contributed by atoms with Crippen LogP contribution in [0, 0.1) is 34.5 Å². The van der Waals surface area contributed by atoms with Crippen LogP contribution in [0.5, 0.6) is 0 Å². The summed E-state index contributed by atoms with van der Waals surface area (Å²) in [4.78, 5) is 15.8. The molecule has 5 aliphatic carbocycles. The van der Waals surface area contributed by atoms with Gasteiger partial charge in [0.25, 0.3) is 0 Å². The molecular formula is C31H43NO9. The number of likely N-dealkylation sites (tertiary alicyclic amines) is 1. The Labute approximate surface area is 240 Å². The van der Waals surface area contributed by atoms with Crippen molar-refractivity contribution in [2.45, 2.75) is 67.0 Å². The number of nitrogens with zero attached hydrogens (tertiary/aromatic N) is 1. The first-order valence-electron chi connectivity index (χ1n) is 14.8. The van der Waals surface area contributed by atoms with Gasteiger partial charge in [0, 0.05) is 69.6 Å². The molecule has 7 rings (SSSR count). The molecular weight excluding hydrogens is 530 g/mol. The van der Waals surface area contributed by atoms with Crippen LogP contribution in [0.1, 0.15) is 29.6 Å². The van der Waals surface area contributed by atoms with Gasteiger partial charge in [-0.05, 0) is 44.4 Å². The average molecular weight is 574 g/mol. The Kier molecular flexibility index (Phi) is 6.31. The molecule has 3 N–H and O–H groups in total. The summed E-state index contributed by atoms with van der Waals surface area (Å²) in [6.07, 6.45) is -2.45. The van der Waals surface area contributed by atoms with Crippen LogP contribution in [0.2, 0.25) is 0 Å². The van der Waals surface area contributed by atoms with Gasteiger partial charge in [0.15, 0.2) is 0 Å². The smallest absolute Gasteiger partial charge is 0.338 e. The normalized spacial score (nSPS) is 52.9. The molecule has 5 saturated carbocycles. The van der Waals surface area contributed by atoms with Crippen molar-refractivity contribution in [1.82, 2.24) is 4.90 Å². The molecule has 1 spiro atoms. The van der Waals surface area contributed by atoms with E-state index in [1.807, 2.05) is 6.07 Å². The minimum atomic E-state index is -1.76. The van der Waals surface area contributed by atoms with E-state index in [1.54, 1.807) is 45.6 Å². The van der Waals surface area contributed by atoms with Crippen molar-refractivity contribution in [3.8, 4) is 0 Å². The molecule has 10 nitrogen and oxygen atoms in total. The summed E-state index contributed by atoms with van der Waals surface area (Å²) in [5.74, 6) is -2.30. The highest BCUT2D eigenvalue weighted by atomic mass is 16.6. The number of esters is 1. The van der Waals surface area contributed by atoms with Gasteiger partial charge < -0.3 is 43.9 Å². The minimum absolute atomic E-state index is 0.0644. The Morgan fingerprint density at radius 3 is 2.39 bits per heavy atom. The molecule has 1 aromatic rings. The number of ether oxygens (including phenoxy) is 5. The fraction of sp³-hybridized carbons (Fsp3) is 0.774. The maximum atomic E-state index is 13.5. The lowest BCUT2D eigenvalue weighted by atomic mass is 9.43. The number of carbonyl (C=O) groups excluding carboxylic acids is 1. The number of methoxy groups -OCH3 is 4. The second kappa shape index (κ2) is 9.19. The molecule has 3 unspecified atom stereocenters. The van der Waals surface area contributed by atoms with Crippen LogP contribution in [0.4, 0.5) is 0 Å². The molecule has 10 heteroatoms. The van der Waals surface area contributed by atoms with Gasteiger partial charge in [-0.15, -0.1) is 0 Å². The van der Waals surface area contributed by atoms with E-state index < -0.39 is 58.8 Å². The molecule has 0 amide bonds. The van der Waals surface area contributed by atoms with Crippen molar-refractivity contribution in [2.75, 3.05) is 48.6 Å². The maximum Gasteiger partial charge on any atom is 0.338 e. The highest BCUT2D eigenvalue weighted by Crippen LogP contribution is 2.80. The average Bonchev–Trinajstić information content (AvgIpc) is 3.36. The first-order chi connectivity index (χ1) is 19.6. The lowest BCUT2D eigenvalue weighted by molar-refractivity contribution is -0.313. The standard InChI is InChI=1S/C31H43NO9/c1-32-14-28(15-37-2)12-11-18(38-3)30-17-13-29(35)25(41-27(34)16-9-7-6-8-10-16)19(17)31(36,24(33)26(29)40-5)20(23(30)32)21(39-4)22(28)30/h6-10,17-26,33,35-36H,11-15H2,1-5H3/t17-,18+,19-,20?,21+,22+,23?,24+,25-,26+,28+,29-,30?,31-/m1/s1. The van der Waals surface area contributed by atoms with Crippen molar-refractivity contribution in [2.24, 2.45) is 34.5 Å². The minimum Gasteiger partial charge on any atom is -0.455 e. The van der Waals surface area contributed by atoms with Crippen LogP contribution in [0.15, 0.2) is 30.3 Å². The Morgan fingerprint density at radius 1 is 1.02 bits per heavy atom. The Bertz CT molecular complexity index is 1200. The van der Waals surface area contributed by atoms with Gasteiger partial charge in [0.05, 0.1) is 24.4 Å². The van der Waals surface area contributed by atoms with Gasteiger partial charge in [0.1, 0.15) is 29.5 Å². The molecule has 0 radical (unpaired) electrons. The van der Waals surface area contributed by atoms with Crippen molar-refractivity contribution in [3.05, 3.63) is 35.9 Å². The topological polar surface area (TPSA) is 127 Å². The summed E-state index contributed by atoms with van der Waals surface area (Å²) in [7, 11) is 8.65. The molecule has 226 valence electrons. The zero-order valence-electron chi connectivity index (χ0n) is 24.4. The van der Waals surface area contributed by atoms with E-state index in [0.29, 0.717) is 12.2 Å². The molecule has 14 atom stereocenters. The molecule has 7 bridgehead atoms. The quantitative estimate of drug-likeness (QED) is 0.402. The lowest BCUT2D eigenvalue weighted by Gasteiger charge is -2.69. The van der Waals surface area contributed by atoms with E-state index in [-0.39, 0.29) is 35.8 Å². The van der Waals surface area contributed by atoms with Gasteiger partial charge >= 0.3 is 5.97 Å². The summed E-state index contributed by atoms with van der Waals surface area (Å²) in [5.41, 5.74) is -3.95. The van der Waals surface area contributed by atoms with E-state index in [0.717, 1.165) is 19.4 Å². The fourth-order valence-corrected chi connectivity index (χ4v) is 11.8. The molecule has 6 fully saturated rings. The van der Waals surface area contributed by atoms with Crippen molar-refractivity contribution >= 4 is 5.97 Å². The van der Waals surface area contributed by atoms with Crippen LogP contribution in [0.25, 0.3) is 0 Å². The predicted molar refractivity (Wildman–Crippen MR) is 145 cm³/mol. The number of rotatable bonds is 7. The second-order valence-corrected chi connectivity index (χ2v) is 13.6. The molecule has 1 aliphatic heterocycles. The highest BCUT2D eigenvalue weighted by Gasteiger charge is 2.90. The third-order valence-corrected chi connectivity index (χ3v) is 12.5. The predicted octanol–water partition coefficient (Wildman–Crippen LogP) is 0.716. The molecule has 41 heavy (non-hydrogen) atoms. The Hall–Kier alpha value is -1.63. The number of piperidine rings is 1. The first kappa shape index (κ1) is 28.2. The SMILES string of the molecule is COC[C@@]12CC[C@H](OC)C34C(C([C@H](OC)[C@H]31)[C@]1(O)[C@@H]3[C@H]4C[C@@](O)([C@@H]3OC(=O)c3ccccc3)[C@@H](OC)[C@@H]1O)N(C)C2. The molecule has 0 aromatic heterocycles. The van der Waals surface area contributed by atoms with Gasteiger partial charge in [-0.3, -0.25) is 0 Å². The molecule has 1 aromatic carbocycles. The summed E-state index contributed by atoms with van der Waals surface area (Å²) in [6.45, 7) is 1.29. The third-order valence-electron chi connectivity index (χ3n) is 12.5. The number of hydrogen-bond acceptors (Lipinski definition) is 10. The monoisotopic (exact) mass is 573 g/mol. The Morgan fingerprint density at radius 2 is 1.76 bits per heavy atom. The summed E-state index contributed by atoms with van der Waals surface area (Å²) >= 11 is 0. The fourth-order valence-electron chi connectivity index (χ4n) is 11.8. The highest BCUT2D eigenvalue weighted by molar-refractivity contribution is 5.89. The third kappa shape index (κ3) is 3.08. The maximum absolute atomic E-state index is 13.5. The Balaban J connectivity index is 1.46. The van der Waals surface area contributed by atoms with E-state index in [2.05, 4.69) is 11.9 Å². The number of hydrogen-bond donors (Lipinski definition) is 3. The molecule has 1 heterocycles. The number of benzene rings is 1. The van der Waals surface area contributed by atoms with E-state index in [1.165, 1.54) is 7.11 Å². The zero-order valence-corrected chi connectivity index (χ0v) is 24.4. The van der Waals surface area contributed by atoms with Crippen LogP contribution >= 0.6 is 0 Å². The number of carbonyl (C=O) groups is 1. The zero-order chi connectivity index (χ0) is 29.1. The van der Waals surface area contributed by atoms with Crippen LogP contribution < -0.4 is 0 Å². The number of aliphatic hydroxyl groups excluding tert-OH is 1. The van der Waals surface area contributed by atoms with E-state index in [4.69, 9.17) is 23.7 Å². The second-order valence-electron chi connectivity index (χ2n) is 13.6. The lowest BCUT2D eigenvalue weighted by Crippen LogP contribution is -2.79. The van der Waals surface area contributed by atoms with Gasteiger partial charge in [-0.1, -0.05) is 18.2 Å². The van der Waals surface area contributed by atoms with Gasteiger partial charge in [-0.2, -0.15) is 0 Å². The molecule has 6 aliphatic rings. The summed E-state index contributed by atoms with van der Waals surface area (Å²) in [5, 5.41) is 37.6. The number of aliphatic hydroxyl groups is 3. The summed E-state index contributed by atoms with van der Waals surface area (Å²) in [6, 6.07) is 8.46. The molecule has 1 saturated heterocycles. The van der Waals surface area contributed by atoms with Crippen LogP contribution in [0.3, 0.4) is 0 Å². The van der Waals surface area contributed by atoms with Crippen LogP contribution in [-0.4, -0.2) is 123 Å². The van der Waals surface area contributed by atoms with Gasteiger partial charge in [-0.25, -0.2) is 4.79 Å². The largest absolute Gasteiger partial charge is 0.455 e. The van der Waals surface area contributed by atoms with E-state index in [9.17, 15) is 20.1 Å².